The number of hydrogen-bond acceptors (Lipinski definition) is 6. The number of aliphatic hydroxyl groups is 3. The number of aliphatic hydroxyl groups excluding tert-OH is 3. The van der Waals surface area contributed by atoms with Crippen LogP contribution in [0, 0.1) is 6.92 Å². The molecule has 0 spiro atoms. The van der Waals surface area contributed by atoms with Crippen molar-refractivity contribution in [3.05, 3.63) is 68.5 Å². The zero-order valence-corrected chi connectivity index (χ0v) is 14.9. The van der Waals surface area contributed by atoms with E-state index in [4.69, 9.17) is 4.74 Å². The van der Waals surface area contributed by atoms with Crippen molar-refractivity contribution in [3.63, 3.8) is 0 Å². The molecule has 1 unspecified atom stereocenters. The number of aryl methyl sites for hydroxylation is 1. The standard InChI is InChI=1S/C18H20F2N2O6/c1-10-7-21(16-14(25)13(24)12(8-23)28-16)17(27)22(15(10)26)9-18(19,20)11-5-3-2-4-6-11/h2-7,12-14,16,23-25H,8-9H2,1H3/t12-,13?,14+,16-/m1/s1. The van der Waals surface area contributed by atoms with Gasteiger partial charge in [0.05, 0.1) is 13.2 Å². The Balaban J connectivity index is 2.04. The number of hydrogen-bond donors (Lipinski definition) is 3. The number of rotatable bonds is 5. The highest BCUT2D eigenvalue weighted by molar-refractivity contribution is 5.20. The summed E-state index contributed by atoms with van der Waals surface area (Å²) in [5.41, 5.74) is -2.41. The summed E-state index contributed by atoms with van der Waals surface area (Å²) in [7, 11) is 0. The predicted octanol–water partition coefficient (Wildman–Crippen LogP) is -0.278. The number of benzene rings is 1. The van der Waals surface area contributed by atoms with Gasteiger partial charge in [-0.15, -0.1) is 0 Å². The van der Waals surface area contributed by atoms with Gasteiger partial charge >= 0.3 is 5.69 Å². The van der Waals surface area contributed by atoms with Crippen LogP contribution in [0.2, 0.25) is 0 Å². The van der Waals surface area contributed by atoms with Gasteiger partial charge in [-0.25, -0.2) is 4.79 Å². The summed E-state index contributed by atoms with van der Waals surface area (Å²) in [4.78, 5) is 25.1. The van der Waals surface area contributed by atoms with E-state index in [1.165, 1.54) is 31.2 Å². The molecule has 0 amide bonds. The SMILES string of the molecule is Cc1cn([C@@H]2O[C@H](CO)C(O)[C@@H]2O)c(=O)n(CC(F)(F)c2ccccc2)c1=O. The fraction of sp³-hybridized carbons (Fsp3) is 0.444. The van der Waals surface area contributed by atoms with Crippen molar-refractivity contribution in [2.75, 3.05) is 6.61 Å². The molecule has 2 heterocycles. The van der Waals surface area contributed by atoms with E-state index in [2.05, 4.69) is 0 Å². The van der Waals surface area contributed by atoms with Crippen molar-refractivity contribution in [3.8, 4) is 0 Å². The third-order valence-electron chi connectivity index (χ3n) is 4.71. The van der Waals surface area contributed by atoms with Gasteiger partial charge in [0.15, 0.2) is 6.23 Å². The smallest absolute Gasteiger partial charge is 0.333 e. The number of alkyl halides is 2. The predicted molar refractivity (Wildman–Crippen MR) is 93.0 cm³/mol. The Morgan fingerprint density at radius 3 is 2.36 bits per heavy atom. The van der Waals surface area contributed by atoms with Crippen LogP contribution in [0.5, 0.6) is 0 Å². The van der Waals surface area contributed by atoms with Crippen LogP contribution in [-0.2, 0) is 17.2 Å². The van der Waals surface area contributed by atoms with E-state index in [-0.39, 0.29) is 11.1 Å². The van der Waals surface area contributed by atoms with Gasteiger partial charge in [0.2, 0.25) is 0 Å². The van der Waals surface area contributed by atoms with Crippen LogP contribution < -0.4 is 11.2 Å². The molecule has 2 aromatic rings. The molecule has 4 atom stereocenters. The molecule has 1 saturated heterocycles. The first kappa shape index (κ1) is 20.3. The van der Waals surface area contributed by atoms with Gasteiger partial charge in [0.1, 0.15) is 18.3 Å². The highest BCUT2D eigenvalue weighted by Gasteiger charge is 2.44. The van der Waals surface area contributed by atoms with Gasteiger partial charge in [0.25, 0.3) is 11.5 Å². The van der Waals surface area contributed by atoms with Crippen molar-refractivity contribution < 1.29 is 28.8 Å². The monoisotopic (exact) mass is 398 g/mol. The molecule has 1 aromatic carbocycles. The van der Waals surface area contributed by atoms with Gasteiger partial charge in [-0.2, -0.15) is 8.78 Å². The normalized spacial score (nSPS) is 25.2. The van der Waals surface area contributed by atoms with Crippen LogP contribution in [-0.4, -0.2) is 49.4 Å². The number of aromatic nitrogens is 2. The Bertz CT molecular complexity index is 959. The van der Waals surface area contributed by atoms with E-state index in [9.17, 15) is 33.7 Å². The summed E-state index contributed by atoms with van der Waals surface area (Å²) in [5.74, 6) is -3.50. The summed E-state index contributed by atoms with van der Waals surface area (Å²) >= 11 is 0. The van der Waals surface area contributed by atoms with Crippen molar-refractivity contribution in [1.29, 1.82) is 0 Å². The first-order valence-electron chi connectivity index (χ1n) is 8.55. The van der Waals surface area contributed by atoms with Crippen molar-refractivity contribution in [2.45, 2.75) is 43.9 Å². The van der Waals surface area contributed by atoms with Crippen LogP contribution >= 0.6 is 0 Å². The molecule has 3 rings (SSSR count). The van der Waals surface area contributed by atoms with Crippen LogP contribution in [0.25, 0.3) is 0 Å². The van der Waals surface area contributed by atoms with Gasteiger partial charge in [-0.05, 0) is 6.92 Å². The fourth-order valence-corrected chi connectivity index (χ4v) is 3.16. The van der Waals surface area contributed by atoms with E-state index in [0.717, 1.165) is 10.8 Å². The van der Waals surface area contributed by atoms with Crippen LogP contribution in [0.3, 0.4) is 0 Å². The van der Waals surface area contributed by atoms with E-state index >= 15 is 0 Å². The summed E-state index contributed by atoms with van der Waals surface area (Å²) in [5, 5.41) is 29.2. The second kappa shape index (κ2) is 7.55. The van der Waals surface area contributed by atoms with Gasteiger partial charge < -0.3 is 20.1 Å². The van der Waals surface area contributed by atoms with Crippen LogP contribution in [0.1, 0.15) is 17.4 Å². The van der Waals surface area contributed by atoms with Crippen molar-refractivity contribution in [1.82, 2.24) is 9.13 Å². The Kier molecular flexibility index (Phi) is 5.48. The second-order valence-corrected chi connectivity index (χ2v) is 6.69. The minimum atomic E-state index is -3.50. The average Bonchev–Trinajstić information content (AvgIpc) is 2.97. The molecule has 28 heavy (non-hydrogen) atoms. The Morgan fingerprint density at radius 1 is 1.14 bits per heavy atom. The van der Waals surface area contributed by atoms with Crippen LogP contribution in [0.4, 0.5) is 8.78 Å². The molecule has 0 aliphatic carbocycles. The first-order valence-corrected chi connectivity index (χ1v) is 8.55. The molecule has 152 valence electrons. The third kappa shape index (κ3) is 3.51. The third-order valence-corrected chi connectivity index (χ3v) is 4.71. The molecule has 3 N–H and O–H groups in total. The van der Waals surface area contributed by atoms with Gasteiger partial charge in [-0.1, -0.05) is 30.3 Å². The number of nitrogens with zero attached hydrogens (tertiary/aromatic N) is 2. The first-order chi connectivity index (χ1) is 13.2. The molecule has 1 aliphatic heterocycles. The average molecular weight is 398 g/mol. The molecule has 8 nitrogen and oxygen atoms in total. The number of halogens is 2. The van der Waals surface area contributed by atoms with E-state index in [0.29, 0.717) is 4.57 Å². The number of ether oxygens (including phenoxy) is 1. The maximum absolute atomic E-state index is 14.6. The molecule has 0 radical (unpaired) electrons. The molecular formula is C18H20F2N2O6. The Hall–Kier alpha value is -2.40. The fourth-order valence-electron chi connectivity index (χ4n) is 3.16. The minimum absolute atomic E-state index is 0.0267. The molecule has 1 fully saturated rings. The lowest BCUT2D eigenvalue weighted by Gasteiger charge is -2.22. The van der Waals surface area contributed by atoms with Crippen LogP contribution in [0.15, 0.2) is 46.1 Å². The zero-order valence-electron chi connectivity index (χ0n) is 14.9. The summed E-state index contributed by atoms with van der Waals surface area (Å²) in [6.07, 6.45) is -4.58. The topological polar surface area (TPSA) is 114 Å². The Labute approximate surface area is 157 Å². The maximum Gasteiger partial charge on any atom is 0.333 e. The lowest BCUT2D eigenvalue weighted by atomic mass is 10.1. The lowest BCUT2D eigenvalue weighted by Crippen LogP contribution is -2.46. The molecule has 10 heteroatoms. The lowest BCUT2D eigenvalue weighted by molar-refractivity contribution is -0.0578. The van der Waals surface area contributed by atoms with Crippen molar-refractivity contribution in [2.24, 2.45) is 0 Å². The highest BCUT2D eigenvalue weighted by atomic mass is 19.3. The maximum atomic E-state index is 14.6. The molecule has 1 aromatic heterocycles. The summed E-state index contributed by atoms with van der Waals surface area (Å²) < 4.78 is 35.7. The quantitative estimate of drug-likeness (QED) is 0.639. The molecular weight excluding hydrogens is 378 g/mol. The van der Waals surface area contributed by atoms with E-state index < -0.39 is 54.9 Å². The molecule has 1 aliphatic rings. The largest absolute Gasteiger partial charge is 0.394 e. The summed E-state index contributed by atoms with van der Waals surface area (Å²) in [6, 6.07) is 6.77. The molecule has 0 bridgehead atoms. The van der Waals surface area contributed by atoms with E-state index in [1.54, 1.807) is 6.07 Å². The minimum Gasteiger partial charge on any atom is -0.394 e. The zero-order chi connectivity index (χ0) is 20.6. The van der Waals surface area contributed by atoms with Gasteiger partial charge in [0, 0.05) is 17.3 Å². The van der Waals surface area contributed by atoms with E-state index in [1.807, 2.05) is 0 Å². The highest BCUT2D eigenvalue weighted by Crippen LogP contribution is 2.30. The molecule has 0 saturated carbocycles. The Morgan fingerprint density at radius 2 is 1.79 bits per heavy atom. The summed E-state index contributed by atoms with van der Waals surface area (Å²) in [6.45, 7) is -0.490. The van der Waals surface area contributed by atoms with Crippen molar-refractivity contribution >= 4 is 0 Å². The van der Waals surface area contributed by atoms with Gasteiger partial charge in [-0.3, -0.25) is 13.9 Å². The second-order valence-electron chi connectivity index (χ2n) is 6.69.